The van der Waals surface area contributed by atoms with Gasteiger partial charge in [-0.1, -0.05) is 23.7 Å². The topological polar surface area (TPSA) is 63.2 Å². The summed E-state index contributed by atoms with van der Waals surface area (Å²) < 4.78 is 18.4. The van der Waals surface area contributed by atoms with Crippen LogP contribution in [0.25, 0.3) is 0 Å². The summed E-state index contributed by atoms with van der Waals surface area (Å²) in [6, 6.07) is 15.3. The summed E-state index contributed by atoms with van der Waals surface area (Å²) in [4.78, 5) is 16.5. The van der Waals surface area contributed by atoms with Gasteiger partial charge in [-0.2, -0.15) is 0 Å². The number of pyridine rings is 1. The third-order valence-corrected chi connectivity index (χ3v) is 4.36. The molecule has 1 amide bonds. The molecule has 0 atom stereocenters. The van der Waals surface area contributed by atoms with Crippen LogP contribution in [0.15, 0.2) is 60.8 Å². The molecule has 0 saturated carbocycles. The van der Waals surface area contributed by atoms with E-state index in [1.165, 1.54) is 23.8 Å². The molecule has 0 unspecified atom stereocenters. The minimum atomic E-state index is -0.541. The Morgan fingerprint density at radius 2 is 1.89 bits per heavy atom. The van der Waals surface area contributed by atoms with E-state index < -0.39 is 11.7 Å². The number of ether oxygens (including phenoxy) is 1. The van der Waals surface area contributed by atoms with Gasteiger partial charge < -0.3 is 15.4 Å². The van der Waals surface area contributed by atoms with Gasteiger partial charge in [0, 0.05) is 24.1 Å². The van der Waals surface area contributed by atoms with Gasteiger partial charge in [-0.3, -0.25) is 9.78 Å². The zero-order chi connectivity index (χ0) is 19.9. The van der Waals surface area contributed by atoms with E-state index in [1.54, 1.807) is 25.4 Å². The fourth-order valence-electron chi connectivity index (χ4n) is 2.58. The molecule has 28 heavy (non-hydrogen) atoms. The maximum atomic E-state index is 13.2. The smallest absolute Gasteiger partial charge is 0.274 e. The maximum absolute atomic E-state index is 13.2. The maximum Gasteiger partial charge on any atom is 0.274 e. The fourth-order valence-corrected chi connectivity index (χ4v) is 2.76. The summed E-state index contributed by atoms with van der Waals surface area (Å²) in [5, 5.41) is 5.87. The van der Waals surface area contributed by atoms with Crippen LogP contribution in [0.2, 0.25) is 5.02 Å². The van der Waals surface area contributed by atoms with Crippen LogP contribution >= 0.6 is 11.6 Å². The molecule has 2 aromatic carbocycles. The van der Waals surface area contributed by atoms with Crippen LogP contribution in [0.3, 0.4) is 0 Å². The first-order chi connectivity index (χ1) is 13.5. The summed E-state index contributed by atoms with van der Waals surface area (Å²) in [6.45, 7) is 0.699. The molecule has 0 radical (unpaired) electrons. The van der Waals surface area contributed by atoms with E-state index in [-0.39, 0.29) is 10.7 Å². The molecule has 0 aliphatic rings. The van der Waals surface area contributed by atoms with Gasteiger partial charge in [0.25, 0.3) is 5.91 Å². The Hall–Kier alpha value is -3.12. The lowest BCUT2D eigenvalue weighted by Gasteiger charge is -2.09. The van der Waals surface area contributed by atoms with Crippen LogP contribution < -0.4 is 15.4 Å². The Labute approximate surface area is 167 Å². The number of rotatable bonds is 7. The van der Waals surface area contributed by atoms with Crippen molar-refractivity contribution < 1.29 is 13.9 Å². The number of carbonyl (C=O) groups excluding carboxylic acids is 1. The van der Waals surface area contributed by atoms with E-state index in [9.17, 15) is 9.18 Å². The lowest BCUT2D eigenvalue weighted by Crippen LogP contribution is -2.14. The van der Waals surface area contributed by atoms with E-state index in [0.717, 1.165) is 17.9 Å². The average Bonchev–Trinajstić information content (AvgIpc) is 2.71. The van der Waals surface area contributed by atoms with Crippen LogP contribution in [-0.2, 0) is 6.42 Å². The summed E-state index contributed by atoms with van der Waals surface area (Å²) in [7, 11) is 1.64. The van der Waals surface area contributed by atoms with Gasteiger partial charge in [-0.15, -0.1) is 0 Å². The molecule has 2 N–H and O–H groups in total. The first-order valence-electron chi connectivity index (χ1n) is 8.64. The number of carbonyl (C=O) groups is 1. The molecule has 5 nitrogen and oxygen atoms in total. The van der Waals surface area contributed by atoms with E-state index >= 15 is 0 Å². The molecule has 0 bridgehead atoms. The first-order valence-corrected chi connectivity index (χ1v) is 9.02. The average molecular weight is 400 g/mol. The Morgan fingerprint density at radius 3 is 2.61 bits per heavy atom. The largest absolute Gasteiger partial charge is 0.497 e. The van der Waals surface area contributed by atoms with E-state index in [4.69, 9.17) is 16.3 Å². The molecule has 0 aliphatic carbocycles. The molecule has 0 fully saturated rings. The third kappa shape index (κ3) is 5.20. The number of methoxy groups -OCH3 is 1. The van der Waals surface area contributed by atoms with Gasteiger partial charge in [-0.05, 0) is 54.4 Å². The minimum absolute atomic E-state index is 0.0558. The monoisotopic (exact) mass is 399 g/mol. The molecule has 3 aromatic rings. The van der Waals surface area contributed by atoms with E-state index in [1.807, 2.05) is 24.3 Å². The Morgan fingerprint density at radius 1 is 1.11 bits per heavy atom. The molecule has 0 aliphatic heterocycles. The highest BCUT2D eigenvalue weighted by molar-refractivity contribution is 6.31. The van der Waals surface area contributed by atoms with Crippen molar-refractivity contribution in [3.8, 4) is 5.75 Å². The fraction of sp³-hybridized carbons (Fsp3) is 0.143. The number of nitrogens with zero attached hydrogens (tertiary/aromatic N) is 1. The summed E-state index contributed by atoms with van der Waals surface area (Å²) in [5.41, 5.74) is 2.60. The number of benzene rings is 2. The van der Waals surface area contributed by atoms with Gasteiger partial charge in [0.05, 0.1) is 12.1 Å². The van der Waals surface area contributed by atoms with Crippen LogP contribution in [0.4, 0.5) is 15.8 Å². The van der Waals surface area contributed by atoms with Gasteiger partial charge >= 0.3 is 0 Å². The SMILES string of the molecule is COc1ccc(CCNc2ccnc(C(=O)Nc3ccc(F)c(Cl)c3)c2)cc1. The minimum Gasteiger partial charge on any atom is -0.497 e. The van der Waals surface area contributed by atoms with Crippen LogP contribution in [0, 0.1) is 5.82 Å². The number of amides is 1. The summed E-state index contributed by atoms with van der Waals surface area (Å²) >= 11 is 5.73. The van der Waals surface area contributed by atoms with E-state index in [2.05, 4.69) is 15.6 Å². The number of halogens is 2. The molecule has 7 heteroatoms. The molecule has 0 saturated heterocycles. The molecule has 1 heterocycles. The lowest BCUT2D eigenvalue weighted by atomic mass is 10.1. The number of hydrogen-bond donors (Lipinski definition) is 2. The number of anilines is 2. The van der Waals surface area contributed by atoms with Crippen molar-refractivity contribution in [1.29, 1.82) is 0 Å². The van der Waals surface area contributed by atoms with Crippen LogP contribution in [-0.4, -0.2) is 24.5 Å². The highest BCUT2D eigenvalue weighted by Gasteiger charge is 2.10. The van der Waals surface area contributed by atoms with Gasteiger partial charge in [0.2, 0.25) is 0 Å². The normalized spacial score (nSPS) is 10.4. The van der Waals surface area contributed by atoms with Crippen LogP contribution in [0.1, 0.15) is 16.1 Å². The second-order valence-electron chi connectivity index (χ2n) is 6.04. The van der Waals surface area contributed by atoms with Crippen molar-refractivity contribution in [3.63, 3.8) is 0 Å². The van der Waals surface area contributed by atoms with Crippen molar-refractivity contribution in [2.75, 3.05) is 24.3 Å². The zero-order valence-corrected chi connectivity index (χ0v) is 16.0. The number of nitrogens with one attached hydrogen (secondary N) is 2. The van der Waals surface area contributed by atoms with Gasteiger partial charge in [-0.25, -0.2) is 4.39 Å². The predicted molar refractivity (Wildman–Crippen MR) is 109 cm³/mol. The predicted octanol–water partition coefficient (Wildman–Crippen LogP) is 4.79. The van der Waals surface area contributed by atoms with Crippen molar-refractivity contribution >= 4 is 28.9 Å². The van der Waals surface area contributed by atoms with Gasteiger partial charge in [0.15, 0.2) is 0 Å². The van der Waals surface area contributed by atoms with Gasteiger partial charge in [0.1, 0.15) is 17.3 Å². The third-order valence-electron chi connectivity index (χ3n) is 4.07. The second kappa shape index (κ2) is 9.19. The van der Waals surface area contributed by atoms with Crippen molar-refractivity contribution in [2.45, 2.75) is 6.42 Å². The van der Waals surface area contributed by atoms with Crippen molar-refractivity contribution in [2.24, 2.45) is 0 Å². The molecule has 0 spiro atoms. The first kappa shape index (κ1) is 19.6. The second-order valence-corrected chi connectivity index (χ2v) is 6.44. The zero-order valence-electron chi connectivity index (χ0n) is 15.2. The summed E-state index contributed by atoms with van der Waals surface area (Å²) in [5.74, 6) is -0.119. The number of hydrogen-bond acceptors (Lipinski definition) is 4. The molecular formula is C21H19ClFN3O2. The van der Waals surface area contributed by atoms with Crippen molar-refractivity contribution in [1.82, 2.24) is 4.98 Å². The Balaban J connectivity index is 1.58. The highest BCUT2D eigenvalue weighted by Crippen LogP contribution is 2.20. The quantitative estimate of drug-likeness (QED) is 0.599. The standard InChI is InChI=1S/C21H19ClFN3O2/c1-28-17-5-2-14(3-6-17)8-10-24-15-9-11-25-20(13-15)21(27)26-16-4-7-19(23)18(22)12-16/h2-7,9,11-13H,8,10H2,1H3,(H,24,25)(H,26,27). The van der Waals surface area contributed by atoms with E-state index in [0.29, 0.717) is 12.2 Å². The molecule has 144 valence electrons. The number of aromatic nitrogens is 1. The lowest BCUT2D eigenvalue weighted by molar-refractivity contribution is 0.102. The Bertz CT molecular complexity index is 964. The highest BCUT2D eigenvalue weighted by atomic mass is 35.5. The Kier molecular flexibility index (Phi) is 6.45. The van der Waals surface area contributed by atoms with Crippen molar-refractivity contribution in [3.05, 3.63) is 82.9 Å². The van der Waals surface area contributed by atoms with Crippen LogP contribution in [0.5, 0.6) is 5.75 Å². The summed E-state index contributed by atoms with van der Waals surface area (Å²) in [6.07, 6.45) is 2.38. The molecular weight excluding hydrogens is 381 g/mol. The molecule has 3 rings (SSSR count). The molecule has 1 aromatic heterocycles.